The Kier molecular flexibility index (Phi) is 5.16. The quantitative estimate of drug-likeness (QED) is 0.208. The van der Waals surface area contributed by atoms with Crippen LogP contribution in [-0.2, 0) is 13.1 Å². The fourth-order valence-corrected chi connectivity index (χ4v) is 8.60. The summed E-state index contributed by atoms with van der Waals surface area (Å²) in [7, 11) is 0. The molecule has 0 aliphatic rings. The number of thiazole rings is 2. The third-order valence-electron chi connectivity index (χ3n) is 8.57. The summed E-state index contributed by atoms with van der Waals surface area (Å²) in [5.41, 5.74) is 9.51. The molecule has 4 heterocycles. The summed E-state index contributed by atoms with van der Waals surface area (Å²) in [6, 6.07) is 35.4. The van der Waals surface area contributed by atoms with Crippen molar-refractivity contribution in [3.8, 4) is 21.1 Å². The number of nitrogens with zero attached hydrogens (tertiary/aromatic N) is 4. The highest BCUT2D eigenvalue weighted by Gasteiger charge is 2.16. The summed E-state index contributed by atoms with van der Waals surface area (Å²) < 4.78 is 7.15. The standard InChI is InChI=1S/C36H26N4S2/c1-3-39-29-11-7-5-9-23(29)25-15-13-21(17-31(25)39)35-37-27-19-34-28(20-33(27)41-35)38-36(42-34)22-14-16-26-24-10-6-8-12-30(24)40(4-2)32(26)18-22/h5-20H,3-4H2,1-2H3. The number of para-hydroxylation sites is 2. The average Bonchev–Trinajstić information content (AvgIpc) is 3.79. The SMILES string of the molecule is CCn1c2ccccc2c2ccc(-c3nc4cc5sc(-c6ccc7c8ccccc8n(CC)c7c6)nc5cc4s3)cc21. The van der Waals surface area contributed by atoms with Crippen LogP contribution in [0.15, 0.2) is 97.1 Å². The Hall–Kier alpha value is -4.52. The van der Waals surface area contributed by atoms with Gasteiger partial charge < -0.3 is 9.13 Å². The first-order chi connectivity index (χ1) is 20.7. The fourth-order valence-electron chi connectivity index (χ4n) is 6.64. The molecule has 0 aliphatic heterocycles. The topological polar surface area (TPSA) is 35.6 Å². The third kappa shape index (κ3) is 3.39. The minimum Gasteiger partial charge on any atom is -0.341 e. The second-order valence-corrected chi connectivity index (χ2v) is 12.9. The molecule has 0 unspecified atom stereocenters. The lowest BCUT2D eigenvalue weighted by Crippen LogP contribution is -1.92. The van der Waals surface area contributed by atoms with Crippen LogP contribution in [0, 0.1) is 0 Å². The molecule has 0 atom stereocenters. The second kappa shape index (κ2) is 8.99. The maximum atomic E-state index is 5.10. The van der Waals surface area contributed by atoms with E-state index in [1.165, 1.54) is 53.0 Å². The van der Waals surface area contributed by atoms with Gasteiger partial charge in [0.15, 0.2) is 0 Å². The van der Waals surface area contributed by atoms with E-state index in [1.54, 1.807) is 22.7 Å². The first-order valence-electron chi connectivity index (χ1n) is 14.4. The number of hydrogen-bond donors (Lipinski definition) is 0. The fraction of sp³-hybridized carbons (Fsp3) is 0.111. The predicted molar refractivity (Wildman–Crippen MR) is 181 cm³/mol. The lowest BCUT2D eigenvalue weighted by molar-refractivity contribution is 0.827. The monoisotopic (exact) mass is 578 g/mol. The Morgan fingerprint density at radius 2 is 0.929 bits per heavy atom. The molecule has 0 fully saturated rings. The molecule has 0 saturated carbocycles. The molecule has 4 aromatic heterocycles. The number of benzene rings is 5. The van der Waals surface area contributed by atoms with Crippen molar-refractivity contribution in [1.29, 1.82) is 0 Å². The van der Waals surface area contributed by atoms with E-state index in [-0.39, 0.29) is 0 Å². The molecule has 9 rings (SSSR count). The lowest BCUT2D eigenvalue weighted by atomic mass is 10.1. The summed E-state index contributed by atoms with van der Waals surface area (Å²) >= 11 is 3.50. The Morgan fingerprint density at radius 1 is 0.500 bits per heavy atom. The highest BCUT2D eigenvalue weighted by atomic mass is 32.1. The Balaban J connectivity index is 1.13. The van der Waals surface area contributed by atoms with Gasteiger partial charge in [-0.05, 0) is 50.2 Å². The number of aromatic nitrogens is 4. The molecule has 6 heteroatoms. The molecule has 4 nitrogen and oxygen atoms in total. The summed E-state index contributed by atoms with van der Waals surface area (Å²) in [6.07, 6.45) is 0. The number of aryl methyl sites for hydroxylation is 2. The summed E-state index contributed by atoms with van der Waals surface area (Å²) in [5.74, 6) is 0. The van der Waals surface area contributed by atoms with Crippen molar-refractivity contribution in [2.75, 3.05) is 0 Å². The van der Waals surface area contributed by atoms with E-state index < -0.39 is 0 Å². The Bertz CT molecular complexity index is 2280. The number of rotatable bonds is 4. The van der Waals surface area contributed by atoms with Gasteiger partial charge in [-0.2, -0.15) is 0 Å². The minimum absolute atomic E-state index is 0.936. The Labute approximate surface area is 250 Å². The van der Waals surface area contributed by atoms with Gasteiger partial charge >= 0.3 is 0 Å². The first-order valence-corrected chi connectivity index (χ1v) is 16.1. The number of fused-ring (bicyclic) bond motifs is 8. The van der Waals surface area contributed by atoms with Gasteiger partial charge in [0.05, 0.1) is 20.4 Å². The molecule has 5 aromatic carbocycles. The van der Waals surface area contributed by atoms with Crippen molar-refractivity contribution in [2.24, 2.45) is 0 Å². The van der Waals surface area contributed by atoms with Crippen molar-refractivity contribution >= 4 is 86.7 Å². The minimum atomic E-state index is 0.936. The first kappa shape index (κ1) is 24.1. The summed E-state index contributed by atoms with van der Waals surface area (Å²) in [5, 5.41) is 7.32. The molecule has 202 valence electrons. The van der Waals surface area contributed by atoms with E-state index in [0.717, 1.165) is 45.3 Å². The van der Waals surface area contributed by atoms with Gasteiger partial charge in [0.1, 0.15) is 10.0 Å². The highest BCUT2D eigenvalue weighted by molar-refractivity contribution is 7.23. The molecule has 9 aromatic rings. The zero-order valence-electron chi connectivity index (χ0n) is 23.3. The lowest BCUT2D eigenvalue weighted by Gasteiger charge is -2.04. The second-order valence-electron chi connectivity index (χ2n) is 10.8. The molecule has 0 aliphatic carbocycles. The smallest absolute Gasteiger partial charge is 0.124 e. The molecule has 42 heavy (non-hydrogen) atoms. The molecular weight excluding hydrogens is 553 g/mol. The van der Waals surface area contributed by atoms with E-state index in [1.807, 2.05) is 0 Å². The number of hydrogen-bond acceptors (Lipinski definition) is 4. The van der Waals surface area contributed by atoms with E-state index in [9.17, 15) is 0 Å². The van der Waals surface area contributed by atoms with Crippen LogP contribution in [0.5, 0.6) is 0 Å². The van der Waals surface area contributed by atoms with Crippen LogP contribution in [0.4, 0.5) is 0 Å². The zero-order chi connectivity index (χ0) is 27.9. The van der Waals surface area contributed by atoms with Crippen LogP contribution >= 0.6 is 22.7 Å². The van der Waals surface area contributed by atoms with E-state index in [4.69, 9.17) is 9.97 Å². The van der Waals surface area contributed by atoms with Gasteiger partial charge in [-0.1, -0.05) is 60.7 Å². The van der Waals surface area contributed by atoms with E-state index in [2.05, 4.69) is 120 Å². The normalized spacial score (nSPS) is 12.2. The van der Waals surface area contributed by atoms with Crippen molar-refractivity contribution in [1.82, 2.24) is 19.1 Å². The van der Waals surface area contributed by atoms with Crippen LogP contribution in [0.2, 0.25) is 0 Å². The van der Waals surface area contributed by atoms with Crippen LogP contribution in [0.1, 0.15) is 13.8 Å². The molecule has 0 radical (unpaired) electrons. The van der Waals surface area contributed by atoms with Gasteiger partial charge in [-0.3, -0.25) is 0 Å². The highest BCUT2D eigenvalue weighted by Crippen LogP contribution is 2.40. The van der Waals surface area contributed by atoms with Crippen LogP contribution in [0.3, 0.4) is 0 Å². The molecule has 0 bridgehead atoms. The maximum Gasteiger partial charge on any atom is 0.124 e. The molecule has 0 N–H and O–H groups in total. The predicted octanol–water partition coefficient (Wildman–Crippen LogP) is 10.5. The van der Waals surface area contributed by atoms with E-state index >= 15 is 0 Å². The molecular formula is C36H26N4S2. The maximum absolute atomic E-state index is 5.10. The molecule has 0 spiro atoms. The van der Waals surface area contributed by atoms with Crippen LogP contribution in [0.25, 0.3) is 85.2 Å². The van der Waals surface area contributed by atoms with Gasteiger partial charge in [-0.15, -0.1) is 22.7 Å². The van der Waals surface area contributed by atoms with Crippen molar-refractivity contribution in [2.45, 2.75) is 26.9 Å². The largest absolute Gasteiger partial charge is 0.341 e. The van der Waals surface area contributed by atoms with Crippen LogP contribution < -0.4 is 0 Å². The van der Waals surface area contributed by atoms with Gasteiger partial charge in [0.2, 0.25) is 0 Å². The van der Waals surface area contributed by atoms with E-state index in [0.29, 0.717) is 0 Å². The summed E-state index contributed by atoms with van der Waals surface area (Å²) in [4.78, 5) is 10.2. The van der Waals surface area contributed by atoms with Crippen molar-refractivity contribution in [3.05, 3.63) is 97.1 Å². The van der Waals surface area contributed by atoms with Crippen LogP contribution in [-0.4, -0.2) is 19.1 Å². The van der Waals surface area contributed by atoms with Gasteiger partial charge in [0.25, 0.3) is 0 Å². The third-order valence-corrected chi connectivity index (χ3v) is 10.7. The Morgan fingerprint density at radius 3 is 1.38 bits per heavy atom. The van der Waals surface area contributed by atoms with Gasteiger partial charge in [-0.25, -0.2) is 9.97 Å². The molecule has 0 amide bonds. The summed E-state index contributed by atoms with van der Waals surface area (Å²) in [6.45, 7) is 6.30. The van der Waals surface area contributed by atoms with Crippen molar-refractivity contribution < 1.29 is 0 Å². The van der Waals surface area contributed by atoms with Gasteiger partial charge in [0, 0.05) is 67.8 Å². The van der Waals surface area contributed by atoms with Crippen molar-refractivity contribution in [3.63, 3.8) is 0 Å². The zero-order valence-corrected chi connectivity index (χ0v) is 24.9. The average molecular weight is 579 g/mol. The molecule has 0 saturated heterocycles.